The number of carbonyl (C=O) groups is 1. The average molecular weight is 296 g/mol. The van der Waals surface area contributed by atoms with E-state index in [0.29, 0.717) is 18.1 Å². The molecule has 1 atom stereocenters. The summed E-state index contributed by atoms with van der Waals surface area (Å²) in [6.07, 6.45) is 2.10. The molecule has 7 heteroatoms. The van der Waals surface area contributed by atoms with E-state index in [2.05, 4.69) is 20.4 Å². The minimum absolute atomic E-state index is 0.0333. The molecular weight excluding hydrogens is 272 g/mol. The number of nitrogens with one attached hydrogen (secondary N) is 1. The van der Waals surface area contributed by atoms with Crippen LogP contribution in [-0.2, 0) is 9.53 Å². The molecule has 1 aliphatic heterocycles. The fourth-order valence-electron chi connectivity index (χ4n) is 2.35. The summed E-state index contributed by atoms with van der Waals surface area (Å²) in [5.41, 5.74) is 0. The lowest BCUT2D eigenvalue weighted by Gasteiger charge is -2.26. The van der Waals surface area contributed by atoms with Gasteiger partial charge in [-0.15, -0.1) is 0 Å². The van der Waals surface area contributed by atoms with Crippen LogP contribution in [0.4, 0.5) is 0 Å². The molecule has 7 nitrogen and oxygen atoms in total. The van der Waals surface area contributed by atoms with Crippen LogP contribution in [0.3, 0.4) is 0 Å². The van der Waals surface area contributed by atoms with Crippen molar-refractivity contribution in [3.8, 4) is 0 Å². The summed E-state index contributed by atoms with van der Waals surface area (Å²) in [6.45, 7) is 8.19. The van der Waals surface area contributed by atoms with Crippen LogP contribution in [0.5, 0.6) is 0 Å². The van der Waals surface area contributed by atoms with Gasteiger partial charge in [-0.25, -0.2) is 0 Å². The van der Waals surface area contributed by atoms with Crippen molar-refractivity contribution in [1.82, 2.24) is 20.4 Å². The second-order valence-corrected chi connectivity index (χ2v) is 5.27. The molecule has 1 N–H and O–H groups in total. The second-order valence-electron chi connectivity index (χ2n) is 5.27. The van der Waals surface area contributed by atoms with E-state index in [9.17, 15) is 4.79 Å². The molecule has 0 bridgehead atoms. The van der Waals surface area contributed by atoms with E-state index in [4.69, 9.17) is 9.26 Å². The number of amides is 1. The zero-order valence-corrected chi connectivity index (χ0v) is 12.8. The minimum Gasteiger partial charge on any atom is -0.379 e. The van der Waals surface area contributed by atoms with Crippen molar-refractivity contribution in [3.05, 3.63) is 11.7 Å². The number of aryl methyl sites for hydroxylation is 1. The smallest absolute Gasteiger partial charge is 0.249 e. The van der Waals surface area contributed by atoms with Gasteiger partial charge in [0.05, 0.1) is 13.2 Å². The number of aromatic nitrogens is 2. The van der Waals surface area contributed by atoms with E-state index in [0.717, 1.165) is 45.7 Å². The molecule has 1 amide bonds. The third kappa shape index (κ3) is 5.09. The number of ether oxygens (including phenoxy) is 1. The number of morpholine rings is 1. The highest BCUT2D eigenvalue weighted by atomic mass is 16.5. The van der Waals surface area contributed by atoms with Gasteiger partial charge in [0.1, 0.15) is 6.04 Å². The molecule has 1 unspecified atom stereocenters. The van der Waals surface area contributed by atoms with Gasteiger partial charge in [-0.1, -0.05) is 12.1 Å². The Balaban J connectivity index is 1.70. The summed E-state index contributed by atoms with van der Waals surface area (Å²) in [6, 6.07) is -0.193. The molecule has 0 aliphatic carbocycles. The van der Waals surface area contributed by atoms with E-state index in [-0.39, 0.29) is 11.9 Å². The van der Waals surface area contributed by atoms with Crippen LogP contribution in [0.15, 0.2) is 4.52 Å². The van der Waals surface area contributed by atoms with Crippen LogP contribution in [0.1, 0.15) is 43.9 Å². The van der Waals surface area contributed by atoms with Crippen LogP contribution < -0.4 is 5.32 Å². The lowest BCUT2D eigenvalue weighted by atomic mass is 10.2. The summed E-state index contributed by atoms with van der Waals surface area (Å²) in [7, 11) is 0. The van der Waals surface area contributed by atoms with Crippen LogP contribution in [0.25, 0.3) is 0 Å². The van der Waals surface area contributed by atoms with Crippen molar-refractivity contribution in [2.75, 3.05) is 32.8 Å². The zero-order chi connectivity index (χ0) is 15.1. The highest BCUT2D eigenvalue weighted by Crippen LogP contribution is 2.14. The van der Waals surface area contributed by atoms with Gasteiger partial charge >= 0.3 is 0 Å². The topological polar surface area (TPSA) is 80.5 Å². The van der Waals surface area contributed by atoms with Gasteiger partial charge in [0.2, 0.25) is 11.8 Å². The maximum Gasteiger partial charge on any atom is 0.249 e. The fraction of sp³-hybridized carbons (Fsp3) is 0.786. The molecule has 2 heterocycles. The molecule has 0 spiro atoms. The highest BCUT2D eigenvalue weighted by Gasteiger charge is 2.18. The standard InChI is InChI=1S/C14H24N4O3/c1-3-12(14-15-11(2)17-21-14)16-13(19)5-4-6-18-7-9-20-10-8-18/h12H,3-10H2,1-2H3,(H,16,19). The molecule has 1 fully saturated rings. The summed E-state index contributed by atoms with van der Waals surface area (Å²) < 4.78 is 10.4. The Morgan fingerprint density at radius 1 is 1.43 bits per heavy atom. The first kappa shape index (κ1) is 15.9. The minimum atomic E-state index is -0.193. The Morgan fingerprint density at radius 3 is 2.81 bits per heavy atom. The molecule has 0 radical (unpaired) electrons. The third-order valence-corrected chi connectivity index (χ3v) is 3.57. The highest BCUT2D eigenvalue weighted by molar-refractivity contribution is 5.76. The van der Waals surface area contributed by atoms with E-state index >= 15 is 0 Å². The third-order valence-electron chi connectivity index (χ3n) is 3.57. The van der Waals surface area contributed by atoms with Crippen LogP contribution in [0, 0.1) is 6.92 Å². The normalized spacial score (nSPS) is 17.6. The zero-order valence-electron chi connectivity index (χ0n) is 12.8. The Bertz CT molecular complexity index is 443. The summed E-state index contributed by atoms with van der Waals surface area (Å²) in [5, 5.41) is 6.72. The maximum absolute atomic E-state index is 12.0. The molecule has 21 heavy (non-hydrogen) atoms. The molecule has 1 aliphatic rings. The molecule has 0 saturated carbocycles. The van der Waals surface area contributed by atoms with Gasteiger partial charge in [0.25, 0.3) is 0 Å². The van der Waals surface area contributed by atoms with Crippen molar-refractivity contribution >= 4 is 5.91 Å². The van der Waals surface area contributed by atoms with Crippen molar-refractivity contribution in [2.24, 2.45) is 0 Å². The number of rotatable bonds is 7. The first-order valence-corrected chi connectivity index (χ1v) is 7.58. The monoisotopic (exact) mass is 296 g/mol. The Morgan fingerprint density at radius 2 is 2.19 bits per heavy atom. The Hall–Kier alpha value is -1.47. The molecule has 1 saturated heterocycles. The number of hydrogen-bond acceptors (Lipinski definition) is 6. The van der Waals surface area contributed by atoms with Gasteiger partial charge in [-0.2, -0.15) is 4.98 Å². The quantitative estimate of drug-likeness (QED) is 0.810. The lowest BCUT2D eigenvalue weighted by molar-refractivity contribution is -0.122. The van der Waals surface area contributed by atoms with Crippen molar-refractivity contribution in [1.29, 1.82) is 0 Å². The lowest BCUT2D eigenvalue weighted by Crippen LogP contribution is -2.37. The fourth-order valence-corrected chi connectivity index (χ4v) is 2.35. The van der Waals surface area contributed by atoms with Crippen molar-refractivity contribution < 1.29 is 14.1 Å². The predicted octanol–water partition coefficient (Wildman–Crippen LogP) is 1.06. The van der Waals surface area contributed by atoms with Crippen LogP contribution in [-0.4, -0.2) is 53.8 Å². The van der Waals surface area contributed by atoms with E-state index in [1.54, 1.807) is 6.92 Å². The van der Waals surface area contributed by atoms with Crippen molar-refractivity contribution in [2.45, 2.75) is 39.2 Å². The van der Waals surface area contributed by atoms with Gasteiger partial charge in [-0.05, 0) is 26.3 Å². The van der Waals surface area contributed by atoms with Crippen LogP contribution >= 0.6 is 0 Å². The Labute approximate surface area is 125 Å². The Kier molecular flexibility index (Phi) is 6.13. The maximum atomic E-state index is 12.0. The predicted molar refractivity (Wildman–Crippen MR) is 76.7 cm³/mol. The molecule has 1 aromatic rings. The van der Waals surface area contributed by atoms with E-state index in [1.807, 2.05) is 6.92 Å². The van der Waals surface area contributed by atoms with Gasteiger partial charge < -0.3 is 14.6 Å². The number of carbonyl (C=O) groups excluding carboxylic acids is 1. The van der Waals surface area contributed by atoms with Gasteiger partial charge in [0, 0.05) is 19.5 Å². The largest absolute Gasteiger partial charge is 0.379 e. The molecule has 118 valence electrons. The van der Waals surface area contributed by atoms with Gasteiger partial charge in [-0.3, -0.25) is 9.69 Å². The number of hydrogen-bond donors (Lipinski definition) is 1. The number of nitrogens with zero attached hydrogens (tertiary/aromatic N) is 3. The molecule has 2 rings (SSSR count). The molecular formula is C14H24N4O3. The van der Waals surface area contributed by atoms with E-state index < -0.39 is 0 Å². The van der Waals surface area contributed by atoms with Gasteiger partial charge in [0.15, 0.2) is 5.82 Å². The summed E-state index contributed by atoms with van der Waals surface area (Å²) in [4.78, 5) is 18.5. The molecule has 0 aromatic carbocycles. The second kappa shape index (κ2) is 8.09. The summed E-state index contributed by atoms with van der Waals surface area (Å²) in [5.74, 6) is 1.10. The average Bonchev–Trinajstić information content (AvgIpc) is 2.92. The van der Waals surface area contributed by atoms with Crippen LogP contribution in [0.2, 0.25) is 0 Å². The first-order chi connectivity index (χ1) is 10.2. The SMILES string of the molecule is CCC(NC(=O)CCCN1CCOCC1)c1nc(C)no1. The van der Waals surface area contributed by atoms with Crippen molar-refractivity contribution in [3.63, 3.8) is 0 Å². The first-order valence-electron chi connectivity index (χ1n) is 7.58. The molecule has 1 aromatic heterocycles. The summed E-state index contributed by atoms with van der Waals surface area (Å²) >= 11 is 0. The van der Waals surface area contributed by atoms with E-state index in [1.165, 1.54) is 0 Å².